The summed E-state index contributed by atoms with van der Waals surface area (Å²) < 4.78 is 0. The normalized spacial score (nSPS) is 12.6. The van der Waals surface area contributed by atoms with Gasteiger partial charge in [-0.1, -0.05) is 25.8 Å². The first-order chi connectivity index (χ1) is 7.88. The maximum absolute atomic E-state index is 4.39. The van der Waals surface area contributed by atoms with E-state index in [-0.39, 0.29) is 0 Å². The highest BCUT2D eigenvalue weighted by Gasteiger charge is 2.11. The fourth-order valence-corrected chi connectivity index (χ4v) is 2.42. The van der Waals surface area contributed by atoms with E-state index in [2.05, 4.69) is 29.2 Å². The number of allylic oxidation sites excluding steroid dienone is 1. The van der Waals surface area contributed by atoms with Crippen molar-refractivity contribution in [2.24, 2.45) is 0 Å². The molecule has 1 unspecified atom stereocenters. The molecule has 0 radical (unpaired) electrons. The summed E-state index contributed by atoms with van der Waals surface area (Å²) in [5.74, 6) is 0. The van der Waals surface area contributed by atoms with Crippen molar-refractivity contribution in [1.82, 2.24) is 10.3 Å². The summed E-state index contributed by atoms with van der Waals surface area (Å²) in [4.78, 5) is 4.39. The summed E-state index contributed by atoms with van der Waals surface area (Å²) in [7, 11) is 0. The van der Waals surface area contributed by atoms with Crippen LogP contribution in [0.15, 0.2) is 23.5 Å². The maximum Gasteiger partial charge on any atom is 0.0795 e. The second kappa shape index (κ2) is 8.48. The summed E-state index contributed by atoms with van der Waals surface area (Å²) in [6.45, 7) is 6.90. The summed E-state index contributed by atoms with van der Waals surface area (Å²) in [6.07, 6.45) is 8.15. The largest absolute Gasteiger partial charge is 0.309 e. The number of nitrogens with one attached hydrogen (secondary N) is 1. The van der Waals surface area contributed by atoms with Crippen LogP contribution in [0.25, 0.3) is 0 Å². The molecule has 0 amide bonds. The molecule has 1 aromatic rings. The lowest BCUT2D eigenvalue weighted by Gasteiger charge is -2.15. The average Bonchev–Trinajstić information content (AvgIpc) is 2.81. The summed E-state index contributed by atoms with van der Waals surface area (Å²) in [5, 5.41) is 5.65. The number of rotatable bonds is 9. The Balaban J connectivity index is 2.26. The molecule has 16 heavy (non-hydrogen) atoms. The molecule has 0 aliphatic carbocycles. The molecule has 90 valence electrons. The number of aromatic nitrogens is 1. The van der Waals surface area contributed by atoms with Crippen molar-refractivity contribution < 1.29 is 0 Å². The predicted molar refractivity (Wildman–Crippen MR) is 71.8 cm³/mol. The minimum Gasteiger partial charge on any atom is -0.309 e. The van der Waals surface area contributed by atoms with Crippen LogP contribution in [0.5, 0.6) is 0 Å². The Morgan fingerprint density at radius 1 is 1.50 bits per heavy atom. The van der Waals surface area contributed by atoms with Crippen LogP contribution < -0.4 is 5.32 Å². The number of unbranched alkanes of at least 4 members (excludes halogenated alkanes) is 3. The van der Waals surface area contributed by atoms with Crippen molar-refractivity contribution in [2.75, 3.05) is 6.54 Å². The van der Waals surface area contributed by atoms with E-state index < -0.39 is 0 Å². The van der Waals surface area contributed by atoms with E-state index >= 15 is 0 Å². The van der Waals surface area contributed by atoms with Crippen molar-refractivity contribution in [3.63, 3.8) is 0 Å². The minimum atomic E-state index is 0.444. The standard InChI is InChI=1S/C13H22N2S/c1-3-5-6-7-8-9-12(14-4-2)13-10-16-11-15-13/h3,10-12,14H,1,4-9H2,2H3. The molecule has 1 aromatic heterocycles. The van der Waals surface area contributed by atoms with Crippen molar-refractivity contribution in [3.8, 4) is 0 Å². The molecular formula is C13H22N2S. The Morgan fingerprint density at radius 2 is 2.38 bits per heavy atom. The van der Waals surface area contributed by atoms with Crippen LogP contribution in [-0.4, -0.2) is 11.5 Å². The van der Waals surface area contributed by atoms with Crippen LogP contribution in [0, 0.1) is 0 Å². The van der Waals surface area contributed by atoms with Crippen molar-refractivity contribution >= 4 is 11.3 Å². The summed E-state index contributed by atoms with van der Waals surface area (Å²) >= 11 is 1.68. The van der Waals surface area contributed by atoms with Gasteiger partial charge in [-0.3, -0.25) is 0 Å². The molecule has 0 saturated heterocycles. The van der Waals surface area contributed by atoms with Crippen LogP contribution >= 0.6 is 11.3 Å². The SMILES string of the molecule is C=CCCCCCC(NCC)c1cscn1. The van der Waals surface area contributed by atoms with Crippen LogP contribution in [0.4, 0.5) is 0 Å². The van der Waals surface area contributed by atoms with Gasteiger partial charge in [0.05, 0.1) is 17.2 Å². The van der Waals surface area contributed by atoms with Gasteiger partial charge in [0.1, 0.15) is 0 Å². The van der Waals surface area contributed by atoms with Gasteiger partial charge in [-0.25, -0.2) is 4.98 Å². The predicted octanol–water partition coefficient (Wildman–Crippen LogP) is 3.93. The third-order valence-electron chi connectivity index (χ3n) is 2.66. The first-order valence-corrected chi connectivity index (χ1v) is 7.05. The third kappa shape index (κ3) is 4.90. The van der Waals surface area contributed by atoms with Crippen molar-refractivity contribution in [2.45, 2.75) is 45.1 Å². The second-order valence-electron chi connectivity index (χ2n) is 3.95. The van der Waals surface area contributed by atoms with E-state index in [1.165, 1.54) is 31.4 Å². The molecule has 1 heterocycles. The minimum absolute atomic E-state index is 0.444. The molecule has 3 heteroatoms. The summed E-state index contributed by atoms with van der Waals surface area (Å²) in [5.41, 5.74) is 3.12. The molecule has 0 saturated carbocycles. The van der Waals surface area contributed by atoms with Gasteiger partial charge >= 0.3 is 0 Å². The van der Waals surface area contributed by atoms with Crippen LogP contribution in [0.2, 0.25) is 0 Å². The molecular weight excluding hydrogens is 216 g/mol. The van der Waals surface area contributed by atoms with E-state index in [9.17, 15) is 0 Å². The lowest BCUT2D eigenvalue weighted by Crippen LogP contribution is -2.21. The maximum atomic E-state index is 4.39. The highest BCUT2D eigenvalue weighted by molar-refractivity contribution is 7.07. The highest BCUT2D eigenvalue weighted by atomic mass is 32.1. The van der Waals surface area contributed by atoms with Gasteiger partial charge in [0.15, 0.2) is 0 Å². The first-order valence-electron chi connectivity index (χ1n) is 6.10. The van der Waals surface area contributed by atoms with Gasteiger partial charge in [-0.2, -0.15) is 0 Å². The molecule has 0 spiro atoms. The second-order valence-corrected chi connectivity index (χ2v) is 4.67. The monoisotopic (exact) mass is 238 g/mol. The Labute approximate surface area is 103 Å². The van der Waals surface area contributed by atoms with E-state index in [0.717, 1.165) is 13.0 Å². The first kappa shape index (κ1) is 13.4. The average molecular weight is 238 g/mol. The lowest BCUT2D eigenvalue weighted by atomic mass is 10.1. The Kier molecular flexibility index (Phi) is 7.10. The van der Waals surface area contributed by atoms with Crippen molar-refractivity contribution in [3.05, 3.63) is 29.2 Å². The Bertz CT molecular complexity index is 269. The van der Waals surface area contributed by atoms with Gasteiger partial charge < -0.3 is 5.32 Å². The lowest BCUT2D eigenvalue weighted by molar-refractivity contribution is 0.476. The molecule has 0 aliphatic rings. The molecule has 0 bridgehead atoms. The Morgan fingerprint density at radius 3 is 3.00 bits per heavy atom. The number of hydrogen-bond donors (Lipinski definition) is 1. The van der Waals surface area contributed by atoms with Gasteiger partial charge in [0.2, 0.25) is 0 Å². The molecule has 2 nitrogen and oxygen atoms in total. The van der Waals surface area contributed by atoms with Gasteiger partial charge in [0, 0.05) is 5.38 Å². The highest BCUT2D eigenvalue weighted by Crippen LogP contribution is 2.19. The van der Waals surface area contributed by atoms with E-state index in [1.807, 2.05) is 11.6 Å². The fraction of sp³-hybridized carbons (Fsp3) is 0.615. The van der Waals surface area contributed by atoms with Gasteiger partial charge in [-0.15, -0.1) is 17.9 Å². The van der Waals surface area contributed by atoms with E-state index in [4.69, 9.17) is 0 Å². The van der Waals surface area contributed by atoms with Crippen LogP contribution in [-0.2, 0) is 0 Å². The van der Waals surface area contributed by atoms with Gasteiger partial charge in [0.25, 0.3) is 0 Å². The number of nitrogens with zero attached hydrogens (tertiary/aromatic N) is 1. The van der Waals surface area contributed by atoms with Crippen molar-refractivity contribution in [1.29, 1.82) is 0 Å². The molecule has 0 fully saturated rings. The molecule has 0 aromatic carbocycles. The third-order valence-corrected chi connectivity index (χ3v) is 3.26. The topological polar surface area (TPSA) is 24.9 Å². The van der Waals surface area contributed by atoms with Gasteiger partial charge in [-0.05, 0) is 25.8 Å². The van der Waals surface area contributed by atoms with E-state index in [0.29, 0.717) is 6.04 Å². The zero-order chi connectivity index (χ0) is 11.6. The number of hydrogen-bond acceptors (Lipinski definition) is 3. The molecule has 1 rings (SSSR count). The number of thiazole rings is 1. The quantitative estimate of drug-likeness (QED) is 0.521. The molecule has 1 N–H and O–H groups in total. The smallest absolute Gasteiger partial charge is 0.0795 e. The Hall–Kier alpha value is -0.670. The molecule has 0 aliphatic heterocycles. The van der Waals surface area contributed by atoms with Crippen LogP contribution in [0.1, 0.15) is 50.8 Å². The van der Waals surface area contributed by atoms with E-state index in [1.54, 1.807) is 11.3 Å². The summed E-state index contributed by atoms with van der Waals surface area (Å²) in [6, 6.07) is 0.444. The zero-order valence-electron chi connectivity index (χ0n) is 10.1. The molecule has 1 atom stereocenters. The van der Waals surface area contributed by atoms with Crippen LogP contribution in [0.3, 0.4) is 0 Å². The zero-order valence-corrected chi connectivity index (χ0v) is 10.9. The fourth-order valence-electron chi connectivity index (χ4n) is 1.81.